The van der Waals surface area contributed by atoms with E-state index in [1.807, 2.05) is 0 Å². The van der Waals surface area contributed by atoms with Crippen LogP contribution < -0.4 is 15.4 Å². The molecule has 1 aliphatic heterocycles. The smallest absolute Gasteiger partial charge is 0.221 e. The molecule has 0 aromatic heterocycles. The van der Waals surface area contributed by atoms with Crippen LogP contribution in [0.3, 0.4) is 0 Å². The molecule has 0 spiro atoms. The van der Waals surface area contributed by atoms with Gasteiger partial charge in [-0.25, -0.2) is 4.39 Å². The van der Waals surface area contributed by atoms with Crippen molar-refractivity contribution < 1.29 is 19.0 Å². The van der Waals surface area contributed by atoms with E-state index in [1.165, 1.54) is 24.3 Å². The van der Waals surface area contributed by atoms with E-state index in [0.29, 0.717) is 12.2 Å². The van der Waals surface area contributed by atoms with Crippen LogP contribution in [0.4, 0.5) is 4.39 Å². The summed E-state index contributed by atoms with van der Waals surface area (Å²) in [7, 11) is 0. The van der Waals surface area contributed by atoms with Gasteiger partial charge in [-0.05, 0) is 43.7 Å². The van der Waals surface area contributed by atoms with Gasteiger partial charge in [0.25, 0.3) is 0 Å². The molecule has 0 radical (unpaired) electrons. The van der Waals surface area contributed by atoms with E-state index in [4.69, 9.17) is 4.74 Å². The van der Waals surface area contributed by atoms with Gasteiger partial charge >= 0.3 is 0 Å². The molecule has 1 amide bonds. The Balaban J connectivity index is 0.00000242. The first kappa shape index (κ1) is 18.7. The minimum atomic E-state index is -0.796. The standard InChI is InChI=1S/C15H21FN2O3.ClH/c16-11-3-5-14(6-4-11)21-10-13(19)9-18-15(20)8-12-2-1-7-17-12;/h3-6,12-13,17,19H,1-2,7-10H2,(H,18,20);1H. The average Bonchev–Trinajstić information content (AvgIpc) is 2.97. The number of hydrogen-bond donors (Lipinski definition) is 3. The summed E-state index contributed by atoms with van der Waals surface area (Å²) in [5.41, 5.74) is 0. The largest absolute Gasteiger partial charge is 0.491 e. The Kier molecular flexibility index (Phi) is 8.16. The van der Waals surface area contributed by atoms with Crippen LogP contribution in [0.2, 0.25) is 0 Å². The SMILES string of the molecule is Cl.O=C(CC1CCCN1)NCC(O)COc1ccc(F)cc1. The molecule has 0 saturated carbocycles. The lowest BCUT2D eigenvalue weighted by atomic mass is 10.1. The molecule has 3 N–H and O–H groups in total. The maximum Gasteiger partial charge on any atom is 0.221 e. The van der Waals surface area contributed by atoms with Crippen molar-refractivity contribution in [3.63, 3.8) is 0 Å². The van der Waals surface area contributed by atoms with Gasteiger partial charge in [0.2, 0.25) is 5.91 Å². The van der Waals surface area contributed by atoms with Crippen molar-refractivity contribution >= 4 is 18.3 Å². The quantitative estimate of drug-likeness (QED) is 0.703. The first-order valence-electron chi connectivity index (χ1n) is 7.20. The van der Waals surface area contributed by atoms with Gasteiger partial charge in [0.1, 0.15) is 24.3 Å². The number of aliphatic hydroxyl groups is 1. The molecule has 1 aliphatic rings. The van der Waals surface area contributed by atoms with Crippen LogP contribution in [-0.2, 0) is 4.79 Å². The monoisotopic (exact) mass is 332 g/mol. The first-order chi connectivity index (χ1) is 10.1. The Labute approximate surface area is 135 Å². The highest BCUT2D eigenvalue weighted by molar-refractivity contribution is 5.85. The summed E-state index contributed by atoms with van der Waals surface area (Å²) in [4.78, 5) is 11.7. The number of rotatable bonds is 7. The maximum atomic E-state index is 12.7. The van der Waals surface area contributed by atoms with E-state index >= 15 is 0 Å². The molecule has 0 bridgehead atoms. The molecule has 1 aromatic rings. The fraction of sp³-hybridized carbons (Fsp3) is 0.533. The van der Waals surface area contributed by atoms with Gasteiger partial charge in [-0.1, -0.05) is 0 Å². The van der Waals surface area contributed by atoms with Crippen molar-refractivity contribution in [3.8, 4) is 5.75 Å². The van der Waals surface area contributed by atoms with Gasteiger partial charge in [0.15, 0.2) is 0 Å². The third kappa shape index (κ3) is 6.60. The van der Waals surface area contributed by atoms with Gasteiger partial charge in [-0.2, -0.15) is 0 Å². The topological polar surface area (TPSA) is 70.6 Å². The summed E-state index contributed by atoms with van der Waals surface area (Å²) < 4.78 is 18.0. The number of halogens is 2. The predicted octanol–water partition coefficient (Wildman–Crippen LogP) is 1.25. The van der Waals surface area contributed by atoms with Gasteiger partial charge in [-0.15, -0.1) is 12.4 Å². The summed E-state index contributed by atoms with van der Waals surface area (Å²) in [6, 6.07) is 5.81. The fourth-order valence-electron chi connectivity index (χ4n) is 2.24. The zero-order valence-electron chi connectivity index (χ0n) is 12.3. The predicted molar refractivity (Wildman–Crippen MR) is 83.8 cm³/mol. The molecule has 124 valence electrons. The lowest BCUT2D eigenvalue weighted by Gasteiger charge is -2.14. The van der Waals surface area contributed by atoms with Crippen molar-refractivity contribution in [2.45, 2.75) is 31.4 Å². The number of carbonyl (C=O) groups is 1. The molecule has 2 rings (SSSR count). The molecule has 1 heterocycles. The Bertz CT molecular complexity index is 453. The zero-order chi connectivity index (χ0) is 15.1. The molecule has 2 unspecified atom stereocenters. The number of benzene rings is 1. The number of amides is 1. The fourth-order valence-corrected chi connectivity index (χ4v) is 2.24. The lowest BCUT2D eigenvalue weighted by molar-refractivity contribution is -0.122. The second-order valence-corrected chi connectivity index (χ2v) is 5.22. The normalized spacial score (nSPS) is 18.4. The Morgan fingerprint density at radius 2 is 2.18 bits per heavy atom. The molecule has 1 aromatic carbocycles. The van der Waals surface area contributed by atoms with Crippen LogP contribution in [0.25, 0.3) is 0 Å². The van der Waals surface area contributed by atoms with Crippen molar-refractivity contribution in [3.05, 3.63) is 30.1 Å². The molecule has 5 nitrogen and oxygen atoms in total. The van der Waals surface area contributed by atoms with E-state index < -0.39 is 6.10 Å². The summed E-state index contributed by atoms with van der Waals surface area (Å²) >= 11 is 0. The molecule has 1 fully saturated rings. The number of nitrogens with one attached hydrogen (secondary N) is 2. The van der Waals surface area contributed by atoms with Gasteiger partial charge < -0.3 is 20.5 Å². The second kappa shape index (κ2) is 9.61. The Hall–Kier alpha value is -1.37. The summed E-state index contributed by atoms with van der Waals surface area (Å²) in [6.07, 6.45) is 1.76. The highest BCUT2D eigenvalue weighted by atomic mass is 35.5. The van der Waals surface area contributed by atoms with E-state index in [0.717, 1.165) is 19.4 Å². The van der Waals surface area contributed by atoms with Gasteiger partial charge in [-0.3, -0.25) is 4.79 Å². The first-order valence-corrected chi connectivity index (χ1v) is 7.20. The van der Waals surface area contributed by atoms with Gasteiger partial charge in [0.05, 0.1) is 0 Å². The summed E-state index contributed by atoms with van der Waals surface area (Å²) in [5.74, 6) is 0.0721. The van der Waals surface area contributed by atoms with Crippen molar-refractivity contribution in [1.29, 1.82) is 0 Å². The zero-order valence-corrected chi connectivity index (χ0v) is 13.1. The van der Waals surface area contributed by atoms with Crippen LogP contribution >= 0.6 is 12.4 Å². The highest BCUT2D eigenvalue weighted by Crippen LogP contribution is 2.11. The van der Waals surface area contributed by atoms with E-state index in [1.54, 1.807) is 0 Å². The van der Waals surface area contributed by atoms with Crippen LogP contribution in [0.1, 0.15) is 19.3 Å². The molecule has 0 aliphatic carbocycles. The molecule has 1 saturated heterocycles. The minimum absolute atomic E-state index is 0. The number of ether oxygens (including phenoxy) is 1. The number of aliphatic hydroxyl groups excluding tert-OH is 1. The summed E-state index contributed by atoms with van der Waals surface area (Å²) in [5, 5.41) is 15.7. The Morgan fingerprint density at radius 3 is 2.82 bits per heavy atom. The van der Waals surface area contributed by atoms with E-state index in [9.17, 15) is 14.3 Å². The van der Waals surface area contributed by atoms with E-state index in [2.05, 4.69) is 10.6 Å². The number of hydrogen-bond acceptors (Lipinski definition) is 4. The van der Waals surface area contributed by atoms with E-state index in [-0.39, 0.29) is 43.3 Å². The minimum Gasteiger partial charge on any atom is -0.491 e. The molecular weight excluding hydrogens is 311 g/mol. The second-order valence-electron chi connectivity index (χ2n) is 5.22. The molecule has 22 heavy (non-hydrogen) atoms. The van der Waals surface area contributed by atoms with Crippen molar-refractivity contribution in [2.24, 2.45) is 0 Å². The summed E-state index contributed by atoms with van der Waals surface area (Å²) in [6.45, 7) is 1.16. The number of carbonyl (C=O) groups excluding carboxylic acids is 1. The van der Waals surface area contributed by atoms with Crippen LogP contribution in [-0.4, -0.2) is 42.9 Å². The van der Waals surface area contributed by atoms with Crippen molar-refractivity contribution in [2.75, 3.05) is 19.7 Å². The van der Waals surface area contributed by atoms with Gasteiger partial charge in [0, 0.05) is 19.0 Å². The van der Waals surface area contributed by atoms with Crippen LogP contribution in [0, 0.1) is 5.82 Å². The Morgan fingerprint density at radius 1 is 1.45 bits per heavy atom. The highest BCUT2D eigenvalue weighted by Gasteiger charge is 2.18. The van der Waals surface area contributed by atoms with Crippen molar-refractivity contribution in [1.82, 2.24) is 10.6 Å². The molecule has 7 heteroatoms. The lowest BCUT2D eigenvalue weighted by Crippen LogP contribution is -2.38. The third-order valence-corrected chi connectivity index (χ3v) is 3.39. The molecule has 2 atom stereocenters. The van der Waals surface area contributed by atoms with Crippen LogP contribution in [0.15, 0.2) is 24.3 Å². The maximum absolute atomic E-state index is 12.7. The molecular formula is C15H22ClFN2O3. The third-order valence-electron chi connectivity index (χ3n) is 3.39. The van der Waals surface area contributed by atoms with Crippen LogP contribution in [0.5, 0.6) is 5.75 Å². The average molecular weight is 333 g/mol.